The summed E-state index contributed by atoms with van der Waals surface area (Å²) in [5.41, 5.74) is -4.54. The van der Waals surface area contributed by atoms with E-state index >= 15 is 0 Å². The van der Waals surface area contributed by atoms with Crippen molar-refractivity contribution in [1.82, 2.24) is 0 Å². The molecule has 0 aromatic rings. The van der Waals surface area contributed by atoms with Crippen molar-refractivity contribution >= 4 is 0 Å². The second-order valence-electron chi connectivity index (χ2n) is 5.04. The van der Waals surface area contributed by atoms with Crippen LogP contribution in [0.3, 0.4) is 0 Å². The molecule has 1 N–H and O–H groups in total. The number of fused-ring (bicyclic) bond motifs is 2. The van der Waals surface area contributed by atoms with Gasteiger partial charge in [-0.05, 0) is 31.1 Å². The normalized spacial score (nSPS) is 34.4. The van der Waals surface area contributed by atoms with Crippen molar-refractivity contribution in [3.05, 3.63) is 0 Å². The minimum atomic E-state index is -5.67. The van der Waals surface area contributed by atoms with Gasteiger partial charge in [-0.25, -0.2) is 0 Å². The molecule has 0 aromatic carbocycles. The quantitative estimate of drug-likeness (QED) is 0.719. The lowest BCUT2D eigenvalue weighted by molar-refractivity contribution is -0.388. The lowest BCUT2D eigenvalue weighted by atomic mass is 9.75. The van der Waals surface area contributed by atoms with Gasteiger partial charge in [0.2, 0.25) is 0 Å². The predicted molar refractivity (Wildman–Crippen MR) is 46.0 cm³/mol. The van der Waals surface area contributed by atoms with Crippen LogP contribution in [0.15, 0.2) is 0 Å². The summed E-state index contributed by atoms with van der Waals surface area (Å²) < 4.78 is 75.6. The van der Waals surface area contributed by atoms with E-state index in [-0.39, 0.29) is 12.3 Å². The average molecular weight is 262 g/mol. The van der Waals surface area contributed by atoms with E-state index in [0.717, 1.165) is 0 Å². The summed E-state index contributed by atoms with van der Waals surface area (Å²) in [5.74, 6) is -2.49. The van der Waals surface area contributed by atoms with Crippen molar-refractivity contribution in [3.63, 3.8) is 0 Å². The highest BCUT2D eigenvalue weighted by molar-refractivity contribution is 5.06. The molecule has 0 saturated heterocycles. The third-order valence-corrected chi connectivity index (χ3v) is 4.14. The molecule has 0 aliphatic heterocycles. The summed E-state index contributed by atoms with van der Waals surface area (Å²) in [5, 5.41) is 9.26. The molecular formula is C10H12F6O. The van der Waals surface area contributed by atoms with E-state index in [4.69, 9.17) is 0 Å². The Balaban J connectivity index is 2.35. The fourth-order valence-corrected chi connectivity index (χ4v) is 3.34. The highest BCUT2D eigenvalue weighted by atomic mass is 19.4. The van der Waals surface area contributed by atoms with Gasteiger partial charge in [0.25, 0.3) is 5.60 Å². The molecular weight excluding hydrogens is 250 g/mol. The van der Waals surface area contributed by atoms with Crippen LogP contribution in [0.5, 0.6) is 0 Å². The van der Waals surface area contributed by atoms with Crippen molar-refractivity contribution in [1.29, 1.82) is 0 Å². The summed E-state index contributed by atoms with van der Waals surface area (Å²) >= 11 is 0. The molecule has 1 nitrogen and oxygen atoms in total. The number of hydrogen-bond acceptors (Lipinski definition) is 1. The fourth-order valence-electron chi connectivity index (χ4n) is 3.34. The van der Waals surface area contributed by atoms with E-state index in [9.17, 15) is 31.4 Å². The Labute approximate surface area is 93.8 Å². The second-order valence-corrected chi connectivity index (χ2v) is 5.04. The first-order valence-corrected chi connectivity index (χ1v) is 5.43. The number of rotatable bonds is 1. The largest absolute Gasteiger partial charge is 0.426 e. The maximum absolute atomic E-state index is 12.6. The molecule has 1 unspecified atom stereocenters. The van der Waals surface area contributed by atoms with E-state index in [1.807, 2.05) is 0 Å². The fraction of sp³-hybridized carbons (Fsp3) is 1.00. The molecule has 2 bridgehead atoms. The molecule has 2 aliphatic carbocycles. The van der Waals surface area contributed by atoms with E-state index < -0.39 is 29.8 Å². The Morgan fingerprint density at radius 3 is 1.65 bits per heavy atom. The van der Waals surface area contributed by atoms with Crippen molar-refractivity contribution in [3.8, 4) is 0 Å². The molecule has 2 rings (SSSR count). The first-order valence-electron chi connectivity index (χ1n) is 5.43. The Morgan fingerprint density at radius 2 is 1.35 bits per heavy atom. The van der Waals surface area contributed by atoms with Crippen LogP contribution in [-0.4, -0.2) is 23.1 Å². The maximum atomic E-state index is 12.6. The predicted octanol–water partition coefficient (Wildman–Crippen LogP) is 3.28. The molecule has 2 fully saturated rings. The summed E-state index contributed by atoms with van der Waals surface area (Å²) in [7, 11) is 0. The van der Waals surface area contributed by atoms with Gasteiger partial charge in [0.05, 0.1) is 0 Å². The summed E-state index contributed by atoms with van der Waals surface area (Å²) in [4.78, 5) is 0. The van der Waals surface area contributed by atoms with Crippen LogP contribution in [0.25, 0.3) is 0 Å². The Morgan fingerprint density at radius 1 is 0.824 bits per heavy atom. The van der Waals surface area contributed by atoms with Gasteiger partial charge in [-0.2, -0.15) is 26.3 Å². The minimum Gasteiger partial charge on any atom is -0.373 e. The first kappa shape index (κ1) is 13.0. The van der Waals surface area contributed by atoms with Crippen molar-refractivity contribution in [2.75, 3.05) is 0 Å². The number of hydrogen-bond donors (Lipinski definition) is 1. The monoisotopic (exact) mass is 262 g/mol. The van der Waals surface area contributed by atoms with Crippen molar-refractivity contribution < 1.29 is 31.4 Å². The van der Waals surface area contributed by atoms with Crippen molar-refractivity contribution in [2.45, 2.75) is 43.6 Å². The molecule has 0 spiro atoms. The molecule has 100 valence electrons. The van der Waals surface area contributed by atoms with Crippen LogP contribution < -0.4 is 0 Å². The maximum Gasteiger partial charge on any atom is 0.426 e. The van der Waals surface area contributed by atoms with Crippen LogP contribution in [-0.2, 0) is 0 Å². The summed E-state index contributed by atoms with van der Waals surface area (Å²) in [6, 6.07) is 0. The standard InChI is InChI=1S/C10H12F6O/c11-9(12,13)8(17,10(14,15)16)7-4-5-1-2-6(7)3-5/h5-7,17H,1-4H2/t5-,6?,7+/m1/s1. The topological polar surface area (TPSA) is 20.2 Å². The molecule has 17 heavy (non-hydrogen) atoms. The third-order valence-electron chi connectivity index (χ3n) is 4.14. The number of alkyl halides is 6. The molecule has 2 aliphatic rings. The Hall–Kier alpha value is -0.460. The van der Waals surface area contributed by atoms with Crippen LogP contribution >= 0.6 is 0 Å². The summed E-state index contributed by atoms with van der Waals surface area (Å²) in [6.45, 7) is 0. The van der Waals surface area contributed by atoms with Gasteiger partial charge in [0.15, 0.2) is 0 Å². The first-order chi connectivity index (χ1) is 7.57. The molecule has 7 heteroatoms. The SMILES string of the molecule is OC([C@H]1C[C@@H]2CCC1C2)(C(F)(F)F)C(F)(F)F. The minimum absolute atomic E-state index is 0.0961. The Kier molecular flexibility index (Phi) is 2.69. The van der Waals surface area contributed by atoms with E-state index in [0.29, 0.717) is 19.3 Å². The van der Waals surface area contributed by atoms with E-state index in [2.05, 4.69) is 0 Å². The van der Waals surface area contributed by atoms with E-state index in [1.54, 1.807) is 0 Å². The highest BCUT2D eigenvalue weighted by Crippen LogP contribution is 2.59. The average Bonchev–Trinajstić information content (AvgIpc) is 2.73. The van der Waals surface area contributed by atoms with Gasteiger partial charge in [0.1, 0.15) is 0 Å². The van der Waals surface area contributed by atoms with Gasteiger partial charge in [-0.3, -0.25) is 0 Å². The second kappa shape index (κ2) is 3.52. The van der Waals surface area contributed by atoms with Gasteiger partial charge < -0.3 is 5.11 Å². The highest BCUT2D eigenvalue weighted by Gasteiger charge is 2.75. The summed E-state index contributed by atoms with van der Waals surface area (Å²) in [6.07, 6.45) is -10.1. The molecule has 0 heterocycles. The van der Waals surface area contributed by atoms with Crippen LogP contribution in [0, 0.1) is 17.8 Å². The lowest BCUT2D eigenvalue weighted by Gasteiger charge is -2.40. The number of aliphatic hydroxyl groups is 1. The molecule has 2 saturated carbocycles. The van der Waals surface area contributed by atoms with E-state index in [1.165, 1.54) is 0 Å². The zero-order valence-electron chi connectivity index (χ0n) is 8.78. The van der Waals surface area contributed by atoms with Gasteiger partial charge in [-0.1, -0.05) is 6.42 Å². The lowest BCUT2D eigenvalue weighted by Crippen LogP contribution is -2.62. The van der Waals surface area contributed by atoms with Crippen LogP contribution in [0.4, 0.5) is 26.3 Å². The molecule has 3 atom stereocenters. The molecule has 0 amide bonds. The third kappa shape index (κ3) is 1.73. The molecule has 0 aromatic heterocycles. The van der Waals surface area contributed by atoms with Gasteiger partial charge in [-0.15, -0.1) is 0 Å². The zero-order chi connectivity index (χ0) is 13.1. The number of halogens is 6. The van der Waals surface area contributed by atoms with Crippen LogP contribution in [0.1, 0.15) is 25.7 Å². The zero-order valence-corrected chi connectivity index (χ0v) is 8.78. The Bertz CT molecular complexity index is 293. The smallest absolute Gasteiger partial charge is 0.373 e. The van der Waals surface area contributed by atoms with Crippen LogP contribution in [0.2, 0.25) is 0 Å². The molecule has 0 radical (unpaired) electrons. The van der Waals surface area contributed by atoms with Gasteiger partial charge in [0, 0.05) is 5.92 Å². The van der Waals surface area contributed by atoms with Gasteiger partial charge >= 0.3 is 12.4 Å². The van der Waals surface area contributed by atoms with Crippen molar-refractivity contribution in [2.24, 2.45) is 17.8 Å².